The number of rotatable bonds is 2. The van der Waals surface area contributed by atoms with Crippen LogP contribution in [0.15, 0.2) is 0 Å². The van der Waals surface area contributed by atoms with E-state index in [1.54, 1.807) is 0 Å². The van der Waals surface area contributed by atoms with Crippen molar-refractivity contribution in [2.45, 2.75) is 31.8 Å². The van der Waals surface area contributed by atoms with Crippen LogP contribution in [0.2, 0.25) is 0 Å². The van der Waals surface area contributed by atoms with Gasteiger partial charge in [-0.25, -0.2) is 5.06 Å². The van der Waals surface area contributed by atoms with E-state index in [0.29, 0.717) is 0 Å². The first kappa shape index (κ1) is 6.16. The minimum Gasteiger partial charge on any atom is -0.269 e. The zero-order valence-electron chi connectivity index (χ0n) is 6.09. The lowest BCUT2D eigenvalue weighted by atomic mass is 9.95. The summed E-state index contributed by atoms with van der Waals surface area (Å²) < 4.78 is 0. The highest BCUT2D eigenvalue weighted by Gasteiger charge is 2.59. The second-order valence-electron chi connectivity index (χ2n) is 2.99. The zero-order chi connectivity index (χ0) is 7.19. The van der Waals surface area contributed by atoms with Gasteiger partial charge in [-0.15, -0.1) is 0 Å². The van der Waals surface area contributed by atoms with Crippen LogP contribution in [0.5, 0.6) is 0 Å². The van der Waals surface area contributed by atoms with E-state index in [4.69, 9.17) is 4.84 Å². The third-order valence-electron chi connectivity index (χ3n) is 2.27. The Morgan fingerprint density at radius 3 is 3.00 bits per heavy atom. The molecule has 3 nitrogen and oxygen atoms in total. The number of fused-ring (bicyclic) bond motifs is 1. The molecule has 3 aliphatic rings. The summed E-state index contributed by atoms with van der Waals surface area (Å²) >= 11 is 0. The number of carbonyl (C=O) groups is 1. The standard InChI is InChI=1S/C7H11NO2/c1-2-3-7-4-5-8(10-7)6(7)9/h2-5H2,1H3. The molecule has 3 heterocycles. The normalized spacial score (nSPS) is 36.5. The molecule has 1 amide bonds. The van der Waals surface area contributed by atoms with Gasteiger partial charge in [-0.2, -0.15) is 0 Å². The number of carbonyl (C=O) groups excluding carboxylic acids is 1. The lowest BCUT2D eigenvalue weighted by Gasteiger charge is -2.37. The number of hydrogen-bond donors (Lipinski definition) is 0. The van der Waals surface area contributed by atoms with Gasteiger partial charge in [-0.3, -0.25) is 9.63 Å². The molecule has 0 spiro atoms. The van der Waals surface area contributed by atoms with E-state index in [2.05, 4.69) is 6.92 Å². The molecule has 2 bridgehead atoms. The molecule has 3 saturated heterocycles. The first-order chi connectivity index (χ1) is 4.78. The zero-order valence-corrected chi connectivity index (χ0v) is 6.09. The third kappa shape index (κ3) is 0.515. The van der Waals surface area contributed by atoms with Crippen LogP contribution in [0, 0.1) is 0 Å². The van der Waals surface area contributed by atoms with E-state index in [9.17, 15) is 4.79 Å². The molecule has 3 heteroatoms. The quantitative estimate of drug-likeness (QED) is 0.566. The number of nitrogens with zero attached hydrogens (tertiary/aromatic N) is 1. The van der Waals surface area contributed by atoms with Crippen LogP contribution >= 0.6 is 0 Å². The Morgan fingerprint density at radius 1 is 1.80 bits per heavy atom. The van der Waals surface area contributed by atoms with Crippen molar-refractivity contribution in [1.29, 1.82) is 0 Å². The molecule has 0 saturated carbocycles. The Bertz CT molecular complexity index is 176. The maximum atomic E-state index is 11.1. The monoisotopic (exact) mass is 141 g/mol. The van der Waals surface area contributed by atoms with Crippen molar-refractivity contribution in [2.75, 3.05) is 6.54 Å². The van der Waals surface area contributed by atoms with Gasteiger partial charge >= 0.3 is 0 Å². The van der Waals surface area contributed by atoms with Crippen LogP contribution < -0.4 is 0 Å². The molecule has 1 unspecified atom stereocenters. The van der Waals surface area contributed by atoms with E-state index in [-0.39, 0.29) is 11.5 Å². The lowest BCUT2D eigenvalue weighted by molar-refractivity contribution is -0.269. The summed E-state index contributed by atoms with van der Waals surface area (Å²) in [5.74, 6) is 0.203. The van der Waals surface area contributed by atoms with Gasteiger partial charge in [0.2, 0.25) is 0 Å². The van der Waals surface area contributed by atoms with Crippen LogP contribution in [0.1, 0.15) is 26.2 Å². The molecule has 0 radical (unpaired) electrons. The predicted molar refractivity (Wildman–Crippen MR) is 35.1 cm³/mol. The Morgan fingerprint density at radius 2 is 2.60 bits per heavy atom. The SMILES string of the molecule is CCCC12CCN(O1)C2=O. The average Bonchev–Trinajstić information content (AvgIpc) is 2.45. The van der Waals surface area contributed by atoms with Crippen LogP contribution in [-0.2, 0) is 9.63 Å². The third-order valence-corrected chi connectivity index (χ3v) is 2.27. The maximum absolute atomic E-state index is 11.1. The van der Waals surface area contributed by atoms with Crippen molar-refractivity contribution in [3.63, 3.8) is 0 Å². The summed E-state index contributed by atoms with van der Waals surface area (Å²) in [6.07, 6.45) is 2.82. The molecule has 0 aromatic heterocycles. The molecular weight excluding hydrogens is 130 g/mol. The van der Waals surface area contributed by atoms with E-state index >= 15 is 0 Å². The second kappa shape index (κ2) is 1.72. The Balaban J connectivity index is 2.10. The number of amides is 1. The van der Waals surface area contributed by atoms with E-state index < -0.39 is 0 Å². The fraction of sp³-hybridized carbons (Fsp3) is 0.857. The van der Waals surface area contributed by atoms with Gasteiger partial charge in [0.05, 0.1) is 6.54 Å². The topological polar surface area (TPSA) is 29.5 Å². The molecule has 0 aromatic rings. The van der Waals surface area contributed by atoms with Gasteiger partial charge in [-0.1, -0.05) is 13.3 Å². The first-order valence-corrected chi connectivity index (χ1v) is 3.79. The second-order valence-corrected chi connectivity index (χ2v) is 2.99. The van der Waals surface area contributed by atoms with E-state index in [0.717, 1.165) is 25.8 Å². The van der Waals surface area contributed by atoms with Crippen LogP contribution in [-0.4, -0.2) is 23.1 Å². The highest BCUT2D eigenvalue weighted by atomic mass is 16.8. The van der Waals surface area contributed by atoms with Gasteiger partial charge in [0.15, 0.2) is 5.60 Å². The van der Waals surface area contributed by atoms with Crippen molar-refractivity contribution < 1.29 is 9.63 Å². The molecule has 3 fully saturated rings. The van der Waals surface area contributed by atoms with Gasteiger partial charge in [-0.05, 0) is 6.42 Å². The molecule has 1 atom stereocenters. The van der Waals surface area contributed by atoms with Gasteiger partial charge in [0.1, 0.15) is 0 Å². The molecule has 10 heavy (non-hydrogen) atoms. The summed E-state index contributed by atoms with van der Waals surface area (Å²) in [7, 11) is 0. The molecular formula is C7H11NO2. The Labute approximate surface area is 59.9 Å². The fourth-order valence-electron chi connectivity index (χ4n) is 1.74. The number of hydrogen-bond acceptors (Lipinski definition) is 2. The number of hydroxylamine groups is 2. The molecule has 3 rings (SSSR count). The summed E-state index contributed by atoms with van der Waals surface area (Å²) in [4.78, 5) is 16.4. The minimum absolute atomic E-state index is 0.203. The van der Waals surface area contributed by atoms with Crippen molar-refractivity contribution in [3.8, 4) is 0 Å². The highest BCUT2D eigenvalue weighted by molar-refractivity contribution is 5.90. The molecule has 0 aliphatic carbocycles. The maximum Gasteiger partial charge on any atom is 0.281 e. The van der Waals surface area contributed by atoms with Gasteiger partial charge in [0.25, 0.3) is 5.91 Å². The summed E-state index contributed by atoms with van der Waals surface area (Å²) in [5, 5.41) is 1.47. The van der Waals surface area contributed by atoms with Crippen molar-refractivity contribution in [2.24, 2.45) is 0 Å². The fourth-order valence-corrected chi connectivity index (χ4v) is 1.74. The van der Waals surface area contributed by atoms with Crippen molar-refractivity contribution in [1.82, 2.24) is 5.06 Å². The van der Waals surface area contributed by atoms with E-state index in [1.807, 2.05) is 0 Å². The Hall–Kier alpha value is -0.570. The lowest BCUT2D eigenvalue weighted by Crippen LogP contribution is -2.55. The Kier molecular flexibility index (Phi) is 1.06. The van der Waals surface area contributed by atoms with Gasteiger partial charge < -0.3 is 0 Å². The first-order valence-electron chi connectivity index (χ1n) is 3.79. The molecule has 56 valence electrons. The summed E-state index contributed by atoms with van der Waals surface area (Å²) in [5.41, 5.74) is -0.366. The minimum atomic E-state index is -0.366. The predicted octanol–water partition coefficient (Wildman–Crippen LogP) is 0.703. The van der Waals surface area contributed by atoms with Crippen molar-refractivity contribution in [3.05, 3.63) is 0 Å². The largest absolute Gasteiger partial charge is 0.281 e. The smallest absolute Gasteiger partial charge is 0.269 e. The van der Waals surface area contributed by atoms with Crippen molar-refractivity contribution >= 4 is 5.91 Å². The van der Waals surface area contributed by atoms with Crippen LogP contribution in [0.3, 0.4) is 0 Å². The summed E-state index contributed by atoms with van der Waals surface area (Å²) in [6.45, 7) is 2.88. The molecule has 0 aromatic carbocycles. The van der Waals surface area contributed by atoms with Gasteiger partial charge in [0, 0.05) is 6.42 Å². The van der Waals surface area contributed by atoms with Crippen LogP contribution in [0.25, 0.3) is 0 Å². The van der Waals surface area contributed by atoms with E-state index in [1.165, 1.54) is 5.06 Å². The molecule has 3 aliphatic heterocycles. The average molecular weight is 141 g/mol. The molecule has 0 N–H and O–H groups in total. The van der Waals surface area contributed by atoms with Crippen LogP contribution in [0.4, 0.5) is 0 Å². The summed E-state index contributed by atoms with van der Waals surface area (Å²) in [6, 6.07) is 0. The highest BCUT2D eigenvalue weighted by Crippen LogP contribution is 2.41.